The SMILES string of the molecule is C[C@@H]1OC(=O)[C@@H](C)COC[C@H](Cc2ccccc2)[C@H]1OCCC(=O)N(C)C. The van der Waals surface area contributed by atoms with Crippen LogP contribution in [0, 0.1) is 11.8 Å². The molecular formula is C21H31NO5. The molecule has 0 aromatic heterocycles. The summed E-state index contributed by atoms with van der Waals surface area (Å²) in [5, 5.41) is 0. The number of cyclic esters (lactones) is 1. The zero-order chi connectivity index (χ0) is 19.8. The molecule has 6 heteroatoms. The summed E-state index contributed by atoms with van der Waals surface area (Å²) in [6.45, 7) is 4.75. The van der Waals surface area contributed by atoms with Crippen molar-refractivity contribution < 1.29 is 23.8 Å². The van der Waals surface area contributed by atoms with Gasteiger partial charge in [-0.15, -0.1) is 0 Å². The van der Waals surface area contributed by atoms with E-state index in [1.807, 2.05) is 25.1 Å². The Balaban J connectivity index is 2.12. The van der Waals surface area contributed by atoms with Crippen molar-refractivity contribution in [3.05, 3.63) is 35.9 Å². The lowest BCUT2D eigenvalue weighted by Crippen LogP contribution is -2.40. The third-order valence-corrected chi connectivity index (χ3v) is 4.80. The van der Waals surface area contributed by atoms with E-state index in [-0.39, 0.29) is 36.4 Å². The maximum atomic E-state index is 12.2. The van der Waals surface area contributed by atoms with Gasteiger partial charge in [0.05, 0.1) is 38.3 Å². The van der Waals surface area contributed by atoms with E-state index < -0.39 is 6.10 Å². The molecular weight excluding hydrogens is 346 g/mol. The molecule has 0 radical (unpaired) electrons. The Morgan fingerprint density at radius 2 is 1.89 bits per heavy atom. The summed E-state index contributed by atoms with van der Waals surface area (Å²) in [6, 6.07) is 10.1. The molecule has 1 heterocycles. The lowest BCUT2D eigenvalue weighted by Gasteiger charge is -2.31. The van der Waals surface area contributed by atoms with Gasteiger partial charge in [0.15, 0.2) is 0 Å². The van der Waals surface area contributed by atoms with Gasteiger partial charge in [-0.2, -0.15) is 0 Å². The summed E-state index contributed by atoms with van der Waals surface area (Å²) < 4.78 is 17.5. The molecule has 1 aromatic rings. The van der Waals surface area contributed by atoms with Crippen molar-refractivity contribution in [1.29, 1.82) is 0 Å². The van der Waals surface area contributed by atoms with Gasteiger partial charge in [-0.05, 0) is 25.8 Å². The third-order valence-electron chi connectivity index (χ3n) is 4.80. The van der Waals surface area contributed by atoms with Crippen LogP contribution in [0.3, 0.4) is 0 Å². The van der Waals surface area contributed by atoms with E-state index in [9.17, 15) is 9.59 Å². The minimum Gasteiger partial charge on any atom is -0.460 e. The minimum absolute atomic E-state index is 0.00666. The third kappa shape index (κ3) is 6.63. The second-order valence-corrected chi connectivity index (χ2v) is 7.40. The highest BCUT2D eigenvalue weighted by Crippen LogP contribution is 2.23. The van der Waals surface area contributed by atoms with E-state index in [2.05, 4.69) is 12.1 Å². The Labute approximate surface area is 161 Å². The first-order chi connectivity index (χ1) is 12.9. The van der Waals surface area contributed by atoms with Crippen LogP contribution in [0.2, 0.25) is 0 Å². The number of hydrogen-bond acceptors (Lipinski definition) is 5. The quantitative estimate of drug-likeness (QED) is 0.712. The lowest BCUT2D eigenvalue weighted by molar-refractivity contribution is -0.162. The number of carbonyl (C=O) groups excluding carboxylic acids is 2. The predicted octanol–water partition coefficient (Wildman–Crippen LogP) is 2.31. The molecule has 1 saturated heterocycles. The molecule has 1 aliphatic rings. The van der Waals surface area contributed by atoms with Crippen LogP contribution in [0.4, 0.5) is 0 Å². The number of carbonyl (C=O) groups is 2. The average Bonchev–Trinajstić information content (AvgIpc) is 2.68. The van der Waals surface area contributed by atoms with E-state index in [4.69, 9.17) is 14.2 Å². The number of nitrogens with zero attached hydrogens (tertiary/aromatic N) is 1. The second kappa shape index (κ2) is 10.4. The number of benzene rings is 1. The topological polar surface area (TPSA) is 65.1 Å². The van der Waals surface area contributed by atoms with Crippen LogP contribution >= 0.6 is 0 Å². The highest BCUT2D eigenvalue weighted by atomic mass is 16.6. The molecule has 1 fully saturated rings. The standard InChI is InChI=1S/C21H31NO5/c1-15-13-25-14-18(12-17-8-6-5-7-9-17)20(16(2)27-21(15)24)26-11-10-19(23)22(3)4/h5-9,15-16,18,20H,10-14H2,1-4H3/t15-,16-,18-,20-/m0/s1. The molecule has 0 spiro atoms. The first-order valence-electron chi connectivity index (χ1n) is 9.52. The maximum Gasteiger partial charge on any atom is 0.311 e. The Kier molecular flexibility index (Phi) is 8.25. The predicted molar refractivity (Wildman–Crippen MR) is 102 cm³/mol. The van der Waals surface area contributed by atoms with Crippen LogP contribution in [0.25, 0.3) is 0 Å². The van der Waals surface area contributed by atoms with Gasteiger partial charge >= 0.3 is 5.97 Å². The van der Waals surface area contributed by atoms with Gasteiger partial charge in [-0.3, -0.25) is 9.59 Å². The summed E-state index contributed by atoms with van der Waals surface area (Å²) in [6.07, 6.45) is 0.294. The van der Waals surface area contributed by atoms with Crippen LogP contribution in [0.1, 0.15) is 25.8 Å². The Morgan fingerprint density at radius 3 is 2.56 bits per heavy atom. The molecule has 27 heavy (non-hydrogen) atoms. The Hall–Kier alpha value is -1.92. The van der Waals surface area contributed by atoms with E-state index in [0.717, 1.165) is 6.42 Å². The van der Waals surface area contributed by atoms with Crippen LogP contribution in [0.5, 0.6) is 0 Å². The van der Waals surface area contributed by atoms with Crippen molar-refractivity contribution in [3.8, 4) is 0 Å². The lowest BCUT2D eigenvalue weighted by atomic mass is 9.91. The van der Waals surface area contributed by atoms with Gasteiger partial charge in [0.2, 0.25) is 5.91 Å². The zero-order valence-corrected chi connectivity index (χ0v) is 16.7. The molecule has 1 aromatic carbocycles. The number of rotatable bonds is 6. The monoisotopic (exact) mass is 377 g/mol. The van der Waals surface area contributed by atoms with E-state index >= 15 is 0 Å². The Morgan fingerprint density at radius 1 is 1.19 bits per heavy atom. The minimum atomic E-state index is -0.412. The van der Waals surface area contributed by atoms with Gasteiger partial charge in [-0.25, -0.2) is 0 Å². The van der Waals surface area contributed by atoms with Crippen molar-refractivity contribution in [1.82, 2.24) is 4.90 Å². The van der Waals surface area contributed by atoms with Crippen LogP contribution in [-0.4, -0.2) is 62.9 Å². The summed E-state index contributed by atoms with van der Waals surface area (Å²) in [4.78, 5) is 25.6. The number of amides is 1. The summed E-state index contributed by atoms with van der Waals surface area (Å²) in [5.41, 5.74) is 1.18. The van der Waals surface area contributed by atoms with Crippen molar-refractivity contribution >= 4 is 11.9 Å². The van der Waals surface area contributed by atoms with E-state index in [1.165, 1.54) is 5.56 Å². The molecule has 2 rings (SSSR count). The highest BCUT2D eigenvalue weighted by Gasteiger charge is 2.33. The van der Waals surface area contributed by atoms with Gasteiger partial charge in [-0.1, -0.05) is 30.3 Å². The van der Waals surface area contributed by atoms with Gasteiger partial charge < -0.3 is 19.1 Å². The molecule has 0 saturated carbocycles. The van der Waals surface area contributed by atoms with Gasteiger partial charge in [0, 0.05) is 20.0 Å². The fourth-order valence-corrected chi connectivity index (χ4v) is 3.18. The average molecular weight is 377 g/mol. The molecule has 6 nitrogen and oxygen atoms in total. The summed E-state index contributed by atoms with van der Waals surface area (Å²) in [5.74, 6) is -0.554. The molecule has 0 bridgehead atoms. The zero-order valence-electron chi connectivity index (χ0n) is 16.7. The number of ether oxygens (including phenoxy) is 3. The van der Waals surface area contributed by atoms with Crippen LogP contribution in [-0.2, 0) is 30.2 Å². The maximum absolute atomic E-state index is 12.2. The van der Waals surface area contributed by atoms with Crippen LogP contribution < -0.4 is 0 Å². The Bertz CT molecular complexity index is 604. The second-order valence-electron chi connectivity index (χ2n) is 7.40. The van der Waals surface area contributed by atoms with Crippen molar-refractivity contribution in [3.63, 3.8) is 0 Å². The molecule has 0 unspecified atom stereocenters. The van der Waals surface area contributed by atoms with Gasteiger partial charge in [0.1, 0.15) is 6.10 Å². The fraction of sp³-hybridized carbons (Fsp3) is 0.619. The first kappa shape index (κ1) is 21.4. The smallest absolute Gasteiger partial charge is 0.311 e. The molecule has 4 atom stereocenters. The molecule has 150 valence electrons. The van der Waals surface area contributed by atoms with Crippen molar-refractivity contribution in [2.24, 2.45) is 11.8 Å². The highest BCUT2D eigenvalue weighted by molar-refractivity contribution is 5.75. The normalized spacial score (nSPS) is 26.4. The van der Waals surface area contributed by atoms with Crippen molar-refractivity contribution in [2.75, 3.05) is 33.9 Å². The molecule has 1 amide bonds. The summed E-state index contributed by atoms with van der Waals surface area (Å²) >= 11 is 0. The van der Waals surface area contributed by atoms with Crippen molar-refractivity contribution in [2.45, 2.75) is 38.9 Å². The van der Waals surface area contributed by atoms with E-state index in [1.54, 1.807) is 25.9 Å². The van der Waals surface area contributed by atoms with E-state index in [0.29, 0.717) is 19.6 Å². The first-order valence-corrected chi connectivity index (χ1v) is 9.52. The number of esters is 1. The fourth-order valence-electron chi connectivity index (χ4n) is 3.18. The van der Waals surface area contributed by atoms with Crippen LogP contribution in [0.15, 0.2) is 30.3 Å². The summed E-state index contributed by atoms with van der Waals surface area (Å²) in [7, 11) is 3.44. The van der Waals surface area contributed by atoms with Gasteiger partial charge in [0.25, 0.3) is 0 Å². The molecule has 0 aliphatic carbocycles. The molecule has 1 aliphatic heterocycles. The largest absolute Gasteiger partial charge is 0.460 e. The molecule has 0 N–H and O–H groups in total. The number of hydrogen-bond donors (Lipinski definition) is 0.